The Bertz CT molecular complexity index is 396. The van der Waals surface area contributed by atoms with Gasteiger partial charge in [0.25, 0.3) is 0 Å². The molecule has 0 unspecified atom stereocenters. The van der Waals surface area contributed by atoms with Gasteiger partial charge in [-0.25, -0.2) is 0 Å². The van der Waals surface area contributed by atoms with Crippen molar-refractivity contribution >= 4 is 5.97 Å². The summed E-state index contributed by atoms with van der Waals surface area (Å²) < 4.78 is 5.33. The molecule has 2 rings (SSSR count). The van der Waals surface area contributed by atoms with Crippen LogP contribution in [0.25, 0.3) is 0 Å². The van der Waals surface area contributed by atoms with E-state index in [1.54, 1.807) is 0 Å². The summed E-state index contributed by atoms with van der Waals surface area (Å²) in [7, 11) is 0. The first-order valence-electron chi connectivity index (χ1n) is 6.84. The third kappa shape index (κ3) is 5.01. The van der Waals surface area contributed by atoms with Crippen molar-refractivity contribution in [2.75, 3.05) is 26.3 Å². The maximum absolute atomic E-state index is 10.4. The lowest BCUT2D eigenvalue weighted by molar-refractivity contribution is -0.137. The molecular weight excluding hydrogens is 242 g/mol. The lowest BCUT2D eigenvalue weighted by Crippen LogP contribution is -2.35. The molecule has 0 saturated carbocycles. The third-order valence-corrected chi connectivity index (χ3v) is 3.39. The van der Waals surface area contributed by atoms with E-state index in [0.717, 1.165) is 39.3 Å². The fourth-order valence-corrected chi connectivity index (χ4v) is 2.27. The van der Waals surface area contributed by atoms with Crippen LogP contribution >= 0.6 is 0 Å². The molecule has 0 aliphatic carbocycles. The summed E-state index contributed by atoms with van der Waals surface area (Å²) >= 11 is 0. The number of morpholine rings is 1. The number of hydrogen-bond acceptors (Lipinski definition) is 3. The van der Waals surface area contributed by atoms with Crippen molar-refractivity contribution in [3.63, 3.8) is 0 Å². The van der Waals surface area contributed by atoms with Crippen LogP contribution in [0.2, 0.25) is 0 Å². The number of benzene rings is 1. The normalized spacial score (nSPS) is 16.4. The van der Waals surface area contributed by atoms with Crippen molar-refractivity contribution in [1.82, 2.24) is 4.90 Å². The van der Waals surface area contributed by atoms with Gasteiger partial charge >= 0.3 is 5.97 Å². The average Bonchev–Trinajstić information content (AvgIpc) is 2.42. The van der Waals surface area contributed by atoms with Crippen LogP contribution in [0.4, 0.5) is 0 Å². The Morgan fingerprint density at radius 2 is 1.79 bits per heavy atom. The van der Waals surface area contributed by atoms with E-state index >= 15 is 0 Å². The van der Waals surface area contributed by atoms with Crippen LogP contribution in [0, 0.1) is 0 Å². The Balaban J connectivity index is 1.78. The highest BCUT2D eigenvalue weighted by molar-refractivity contribution is 5.66. The largest absolute Gasteiger partial charge is 0.481 e. The van der Waals surface area contributed by atoms with Gasteiger partial charge in [0.05, 0.1) is 13.2 Å². The quantitative estimate of drug-likeness (QED) is 0.852. The zero-order chi connectivity index (χ0) is 13.5. The van der Waals surface area contributed by atoms with E-state index in [1.807, 2.05) is 0 Å². The predicted octanol–water partition coefficient (Wildman–Crippen LogP) is 1.93. The minimum Gasteiger partial charge on any atom is -0.481 e. The van der Waals surface area contributed by atoms with E-state index in [2.05, 4.69) is 29.2 Å². The van der Waals surface area contributed by atoms with Crippen molar-refractivity contribution < 1.29 is 14.6 Å². The maximum atomic E-state index is 10.4. The molecule has 1 fully saturated rings. The van der Waals surface area contributed by atoms with E-state index < -0.39 is 5.97 Å². The Morgan fingerprint density at radius 1 is 1.16 bits per heavy atom. The van der Waals surface area contributed by atoms with Crippen molar-refractivity contribution in [1.29, 1.82) is 0 Å². The molecule has 4 heteroatoms. The smallest absolute Gasteiger partial charge is 0.303 e. The first-order chi connectivity index (χ1) is 9.24. The summed E-state index contributed by atoms with van der Waals surface area (Å²) in [5.74, 6) is -0.719. The van der Waals surface area contributed by atoms with Gasteiger partial charge in [0.2, 0.25) is 0 Å². The lowest BCUT2D eigenvalue weighted by atomic mass is 10.1. The molecule has 1 aliphatic rings. The molecule has 0 aromatic heterocycles. The molecule has 0 radical (unpaired) electrons. The Kier molecular flexibility index (Phi) is 5.36. The van der Waals surface area contributed by atoms with E-state index in [4.69, 9.17) is 9.84 Å². The Labute approximate surface area is 114 Å². The number of carboxylic acid groups (broad SMARTS) is 1. The molecule has 1 heterocycles. The zero-order valence-electron chi connectivity index (χ0n) is 11.2. The molecule has 0 bridgehead atoms. The van der Waals surface area contributed by atoms with Crippen LogP contribution < -0.4 is 0 Å². The second kappa shape index (κ2) is 7.26. The molecule has 0 amide bonds. The van der Waals surface area contributed by atoms with Gasteiger partial charge in [-0.1, -0.05) is 24.3 Å². The second-order valence-electron chi connectivity index (χ2n) is 4.95. The van der Waals surface area contributed by atoms with Gasteiger partial charge < -0.3 is 9.84 Å². The van der Waals surface area contributed by atoms with E-state index in [0.29, 0.717) is 6.42 Å². The third-order valence-electron chi connectivity index (χ3n) is 3.39. The summed E-state index contributed by atoms with van der Waals surface area (Å²) in [5.41, 5.74) is 2.52. The monoisotopic (exact) mass is 263 g/mol. The van der Waals surface area contributed by atoms with Gasteiger partial charge in [0.15, 0.2) is 0 Å². The number of aliphatic carboxylic acids is 1. The number of ether oxygens (including phenoxy) is 1. The summed E-state index contributed by atoms with van der Waals surface area (Å²) in [6, 6.07) is 8.51. The molecule has 1 N–H and O–H groups in total. The average molecular weight is 263 g/mol. The highest BCUT2D eigenvalue weighted by Gasteiger charge is 2.10. The molecule has 1 aliphatic heterocycles. The molecule has 1 saturated heterocycles. The second-order valence-corrected chi connectivity index (χ2v) is 4.95. The van der Waals surface area contributed by atoms with Crippen LogP contribution in [-0.2, 0) is 22.5 Å². The molecule has 1 aromatic rings. The van der Waals surface area contributed by atoms with Gasteiger partial charge in [-0.15, -0.1) is 0 Å². The molecule has 0 spiro atoms. The lowest BCUT2D eigenvalue weighted by Gasteiger charge is -2.26. The maximum Gasteiger partial charge on any atom is 0.303 e. The zero-order valence-corrected chi connectivity index (χ0v) is 11.2. The number of carbonyl (C=O) groups is 1. The van der Waals surface area contributed by atoms with Gasteiger partial charge in [-0.2, -0.15) is 0 Å². The predicted molar refractivity (Wildman–Crippen MR) is 73.1 cm³/mol. The van der Waals surface area contributed by atoms with Gasteiger partial charge in [-0.3, -0.25) is 9.69 Å². The van der Waals surface area contributed by atoms with Crippen molar-refractivity contribution in [3.8, 4) is 0 Å². The number of rotatable bonds is 6. The van der Waals surface area contributed by atoms with Crippen LogP contribution in [0.1, 0.15) is 24.0 Å². The summed E-state index contributed by atoms with van der Waals surface area (Å²) in [4.78, 5) is 12.8. The SMILES string of the molecule is O=C(O)CCCc1ccc(CN2CCOCC2)cc1. The highest BCUT2D eigenvalue weighted by Crippen LogP contribution is 2.11. The van der Waals surface area contributed by atoms with Crippen molar-refractivity contribution in [3.05, 3.63) is 35.4 Å². The molecule has 104 valence electrons. The molecule has 1 aromatic carbocycles. The molecule has 0 atom stereocenters. The highest BCUT2D eigenvalue weighted by atomic mass is 16.5. The standard InChI is InChI=1S/C15H21NO3/c17-15(18)3-1-2-13-4-6-14(7-5-13)12-16-8-10-19-11-9-16/h4-7H,1-3,8-12H2,(H,17,18). The number of hydrogen-bond donors (Lipinski definition) is 1. The van der Waals surface area contributed by atoms with E-state index in [9.17, 15) is 4.79 Å². The molecule has 4 nitrogen and oxygen atoms in total. The summed E-state index contributed by atoms with van der Waals surface area (Å²) in [5, 5.41) is 8.60. The first-order valence-corrected chi connectivity index (χ1v) is 6.84. The number of nitrogens with zero attached hydrogens (tertiary/aromatic N) is 1. The van der Waals surface area contributed by atoms with E-state index in [-0.39, 0.29) is 6.42 Å². The minimum absolute atomic E-state index is 0.246. The first kappa shape index (κ1) is 14.0. The number of carboxylic acids is 1. The van der Waals surface area contributed by atoms with Crippen LogP contribution in [-0.4, -0.2) is 42.3 Å². The summed E-state index contributed by atoms with van der Waals surface area (Å²) in [6.07, 6.45) is 1.79. The van der Waals surface area contributed by atoms with Gasteiger partial charge in [-0.05, 0) is 24.0 Å². The Morgan fingerprint density at radius 3 is 2.42 bits per heavy atom. The van der Waals surface area contributed by atoms with Crippen LogP contribution in [0.5, 0.6) is 0 Å². The van der Waals surface area contributed by atoms with E-state index in [1.165, 1.54) is 11.1 Å². The van der Waals surface area contributed by atoms with Gasteiger partial charge in [0, 0.05) is 26.1 Å². The van der Waals surface area contributed by atoms with Crippen LogP contribution in [0.3, 0.4) is 0 Å². The van der Waals surface area contributed by atoms with Gasteiger partial charge in [0.1, 0.15) is 0 Å². The number of aryl methyl sites for hydroxylation is 1. The summed E-state index contributed by atoms with van der Waals surface area (Å²) in [6.45, 7) is 4.63. The van der Waals surface area contributed by atoms with Crippen molar-refractivity contribution in [2.24, 2.45) is 0 Å². The Hall–Kier alpha value is -1.39. The fourth-order valence-electron chi connectivity index (χ4n) is 2.27. The molecule has 19 heavy (non-hydrogen) atoms. The topological polar surface area (TPSA) is 49.8 Å². The molecular formula is C15H21NO3. The van der Waals surface area contributed by atoms with Crippen LogP contribution in [0.15, 0.2) is 24.3 Å². The van der Waals surface area contributed by atoms with Crippen molar-refractivity contribution in [2.45, 2.75) is 25.8 Å². The fraction of sp³-hybridized carbons (Fsp3) is 0.533. The minimum atomic E-state index is -0.719.